The van der Waals surface area contributed by atoms with Crippen molar-refractivity contribution < 1.29 is 4.74 Å². The smallest absolute Gasteiger partial charge is 0.118 e. The molecule has 0 aliphatic rings. The van der Waals surface area contributed by atoms with Crippen LogP contribution in [0.25, 0.3) is 22.2 Å². The minimum Gasteiger partial charge on any atom is -0.497 e. The van der Waals surface area contributed by atoms with Crippen molar-refractivity contribution in [1.29, 1.82) is 0 Å². The lowest BCUT2D eigenvalue weighted by atomic mass is 10.1. The molecule has 2 heterocycles. The van der Waals surface area contributed by atoms with Gasteiger partial charge >= 0.3 is 0 Å². The van der Waals surface area contributed by atoms with Gasteiger partial charge in [-0.2, -0.15) is 5.10 Å². The number of benzene rings is 1. The molecule has 20 heavy (non-hydrogen) atoms. The van der Waals surface area contributed by atoms with E-state index < -0.39 is 0 Å². The number of rotatable bonds is 3. The molecule has 4 heteroatoms. The van der Waals surface area contributed by atoms with E-state index in [2.05, 4.69) is 28.2 Å². The van der Waals surface area contributed by atoms with Gasteiger partial charge in [-0.05, 0) is 43.7 Å². The number of aromatic nitrogens is 3. The molecule has 2 aromatic heterocycles. The van der Waals surface area contributed by atoms with Crippen molar-refractivity contribution in [3.8, 4) is 17.0 Å². The van der Waals surface area contributed by atoms with Crippen LogP contribution in [0.2, 0.25) is 0 Å². The van der Waals surface area contributed by atoms with Crippen LogP contribution >= 0.6 is 0 Å². The SMILES string of the molecule is CCc1cc2[nH]nc(-c3ccc(OC)cc3)c2c(C)n1. The van der Waals surface area contributed by atoms with Crippen LogP contribution in [-0.2, 0) is 6.42 Å². The lowest BCUT2D eigenvalue weighted by molar-refractivity contribution is 0.415. The van der Waals surface area contributed by atoms with E-state index in [1.165, 1.54) is 0 Å². The predicted octanol–water partition coefficient (Wildman–Crippen LogP) is 3.50. The zero-order chi connectivity index (χ0) is 14.1. The van der Waals surface area contributed by atoms with Crippen molar-refractivity contribution >= 4 is 10.9 Å². The van der Waals surface area contributed by atoms with Gasteiger partial charge in [-0.25, -0.2) is 0 Å². The number of pyridine rings is 1. The molecule has 0 saturated heterocycles. The van der Waals surface area contributed by atoms with E-state index in [4.69, 9.17) is 4.74 Å². The van der Waals surface area contributed by atoms with Crippen LogP contribution in [0.5, 0.6) is 5.75 Å². The predicted molar refractivity (Wildman–Crippen MR) is 80.0 cm³/mol. The van der Waals surface area contributed by atoms with Crippen molar-refractivity contribution in [2.45, 2.75) is 20.3 Å². The highest BCUT2D eigenvalue weighted by Gasteiger charge is 2.12. The molecule has 0 spiro atoms. The second-order valence-corrected chi connectivity index (χ2v) is 4.78. The van der Waals surface area contributed by atoms with Crippen molar-refractivity contribution in [2.24, 2.45) is 0 Å². The lowest BCUT2D eigenvalue weighted by Gasteiger charge is -2.04. The number of methoxy groups -OCH3 is 1. The van der Waals surface area contributed by atoms with Crippen LogP contribution in [0.1, 0.15) is 18.3 Å². The van der Waals surface area contributed by atoms with Gasteiger partial charge in [0.25, 0.3) is 0 Å². The number of aryl methyl sites for hydroxylation is 2. The molecule has 0 aliphatic carbocycles. The monoisotopic (exact) mass is 267 g/mol. The summed E-state index contributed by atoms with van der Waals surface area (Å²) in [5.74, 6) is 0.844. The topological polar surface area (TPSA) is 50.8 Å². The summed E-state index contributed by atoms with van der Waals surface area (Å²) in [6, 6.07) is 9.99. The Morgan fingerprint density at radius 2 is 1.95 bits per heavy atom. The van der Waals surface area contributed by atoms with Gasteiger partial charge < -0.3 is 4.74 Å². The lowest BCUT2D eigenvalue weighted by Crippen LogP contribution is -1.91. The summed E-state index contributed by atoms with van der Waals surface area (Å²) in [6.45, 7) is 4.14. The molecule has 3 rings (SSSR count). The molecular weight excluding hydrogens is 250 g/mol. The minimum absolute atomic E-state index is 0.844. The van der Waals surface area contributed by atoms with Crippen LogP contribution in [0, 0.1) is 6.92 Å². The summed E-state index contributed by atoms with van der Waals surface area (Å²) in [7, 11) is 1.67. The summed E-state index contributed by atoms with van der Waals surface area (Å²) < 4.78 is 5.19. The van der Waals surface area contributed by atoms with Crippen LogP contribution < -0.4 is 4.74 Å². The zero-order valence-corrected chi connectivity index (χ0v) is 11.9. The summed E-state index contributed by atoms with van der Waals surface area (Å²) in [4.78, 5) is 4.63. The van der Waals surface area contributed by atoms with Gasteiger partial charge in [0.2, 0.25) is 0 Å². The molecule has 4 nitrogen and oxygen atoms in total. The third-order valence-corrected chi connectivity index (χ3v) is 3.50. The maximum absolute atomic E-state index is 5.19. The van der Waals surface area contributed by atoms with Gasteiger partial charge in [0.1, 0.15) is 11.4 Å². The van der Waals surface area contributed by atoms with Crippen molar-refractivity contribution in [1.82, 2.24) is 15.2 Å². The Labute approximate surface area is 117 Å². The first kappa shape index (κ1) is 12.7. The maximum Gasteiger partial charge on any atom is 0.118 e. The van der Waals surface area contributed by atoms with E-state index in [-0.39, 0.29) is 0 Å². The number of H-pyrrole nitrogens is 1. The normalized spacial score (nSPS) is 10.9. The van der Waals surface area contributed by atoms with Crippen molar-refractivity contribution in [3.63, 3.8) is 0 Å². The van der Waals surface area contributed by atoms with Crippen LogP contribution in [0.15, 0.2) is 30.3 Å². The van der Waals surface area contributed by atoms with E-state index >= 15 is 0 Å². The number of hydrogen-bond donors (Lipinski definition) is 1. The molecule has 0 bridgehead atoms. The number of aromatic amines is 1. The van der Waals surface area contributed by atoms with Gasteiger partial charge in [0, 0.05) is 22.3 Å². The van der Waals surface area contributed by atoms with Crippen molar-refractivity contribution in [3.05, 3.63) is 41.7 Å². The molecule has 1 N–H and O–H groups in total. The average Bonchev–Trinajstić information content (AvgIpc) is 2.91. The zero-order valence-electron chi connectivity index (χ0n) is 11.9. The Hall–Kier alpha value is -2.36. The van der Waals surface area contributed by atoms with Crippen molar-refractivity contribution in [2.75, 3.05) is 7.11 Å². The highest BCUT2D eigenvalue weighted by molar-refractivity contribution is 5.94. The van der Waals surface area contributed by atoms with E-state index in [0.717, 1.165) is 45.7 Å². The highest BCUT2D eigenvalue weighted by atomic mass is 16.5. The molecule has 0 aliphatic heterocycles. The van der Waals surface area contributed by atoms with E-state index in [1.54, 1.807) is 7.11 Å². The summed E-state index contributed by atoms with van der Waals surface area (Å²) in [5, 5.41) is 8.65. The second kappa shape index (κ2) is 4.96. The van der Waals surface area contributed by atoms with E-state index in [9.17, 15) is 0 Å². The third-order valence-electron chi connectivity index (χ3n) is 3.50. The average molecular weight is 267 g/mol. The van der Waals surface area contributed by atoms with Gasteiger partial charge in [-0.1, -0.05) is 6.92 Å². The van der Waals surface area contributed by atoms with Crippen LogP contribution in [0.3, 0.4) is 0 Å². The Morgan fingerprint density at radius 1 is 1.20 bits per heavy atom. The number of nitrogens with zero attached hydrogens (tertiary/aromatic N) is 2. The fourth-order valence-electron chi connectivity index (χ4n) is 2.44. The second-order valence-electron chi connectivity index (χ2n) is 4.78. The first-order chi connectivity index (χ1) is 9.72. The highest BCUT2D eigenvalue weighted by Crippen LogP contribution is 2.29. The van der Waals surface area contributed by atoms with E-state index in [1.807, 2.05) is 31.2 Å². The Bertz CT molecular complexity index is 744. The number of fused-ring (bicyclic) bond motifs is 1. The molecule has 0 saturated carbocycles. The van der Waals surface area contributed by atoms with E-state index in [0.29, 0.717) is 0 Å². The molecule has 102 valence electrons. The minimum atomic E-state index is 0.844. The summed E-state index contributed by atoms with van der Waals surface area (Å²) >= 11 is 0. The first-order valence-corrected chi connectivity index (χ1v) is 6.72. The first-order valence-electron chi connectivity index (χ1n) is 6.72. The molecule has 0 fully saturated rings. The number of ether oxygens (including phenoxy) is 1. The maximum atomic E-state index is 5.19. The molecule has 1 aromatic carbocycles. The Kier molecular flexibility index (Phi) is 3.14. The third kappa shape index (κ3) is 2.03. The standard InChI is InChI=1S/C16H17N3O/c1-4-12-9-14-15(10(2)17-12)16(19-18-14)11-5-7-13(20-3)8-6-11/h5-9H,4H2,1-3H3,(H,18,19). The molecule has 0 amide bonds. The van der Waals surface area contributed by atoms with Gasteiger partial charge in [0.05, 0.1) is 12.6 Å². The summed E-state index contributed by atoms with van der Waals surface area (Å²) in [6.07, 6.45) is 0.924. The van der Waals surface area contributed by atoms with Crippen LogP contribution in [0.4, 0.5) is 0 Å². The fourth-order valence-corrected chi connectivity index (χ4v) is 2.44. The number of nitrogens with one attached hydrogen (secondary N) is 1. The van der Waals surface area contributed by atoms with Gasteiger partial charge in [0.15, 0.2) is 0 Å². The van der Waals surface area contributed by atoms with Gasteiger partial charge in [-0.15, -0.1) is 0 Å². The molecule has 3 aromatic rings. The van der Waals surface area contributed by atoms with Crippen LogP contribution in [-0.4, -0.2) is 22.3 Å². The number of hydrogen-bond acceptors (Lipinski definition) is 3. The molecule has 0 unspecified atom stereocenters. The summed E-state index contributed by atoms with van der Waals surface area (Å²) in [5.41, 5.74) is 5.14. The quantitative estimate of drug-likeness (QED) is 0.790. The molecule has 0 atom stereocenters. The molecular formula is C16H17N3O. The van der Waals surface area contributed by atoms with Gasteiger partial charge in [-0.3, -0.25) is 10.1 Å². The largest absolute Gasteiger partial charge is 0.497 e. The Morgan fingerprint density at radius 3 is 2.60 bits per heavy atom. The Balaban J connectivity index is 2.16. The fraction of sp³-hybridized carbons (Fsp3) is 0.250. The molecule has 0 radical (unpaired) electrons.